The molecule has 0 bridgehead atoms. The van der Waals surface area contributed by atoms with E-state index in [-0.39, 0.29) is 17.7 Å². The van der Waals surface area contributed by atoms with Crippen molar-refractivity contribution >= 4 is 23.2 Å². The molecule has 0 radical (unpaired) electrons. The van der Waals surface area contributed by atoms with Crippen molar-refractivity contribution in [1.29, 1.82) is 0 Å². The van der Waals surface area contributed by atoms with Gasteiger partial charge in [0.15, 0.2) is 4.80 Å². The van der Waals surface area contributed by atoms with Gasteiger partial charge in [0, 0.05) is 25.0 Å². The predicted molar refractivity (Wildman–Crippen MR) is 90.6 cm³/mol. The quantitative estimate of drug-likeness (QED) is 0.914. The minimum atomic E-state index is -0.760. The van der Waals surface area contributed by atoms with Crippen LogP contribution in [0.3, 0.4) is 0 Å². The summed E-state index contributed by atoms with van der Waals surface area (Å²) in [7, 11) is 1.83. The van der Waals surface area contributed by atoms with E-state index in [2.05, 4.69) is 10.3 Å². The summed E-state index contributed by atoms with van der Waals surface area (Å²) >= 11 is 1.38. The highest BCUT2D eigenvalue weighted by Gasteiger charge is 2.22. The summed E-state index contributed by atoms with van der Waals surface area (Å²) in [6.45, 7) is 3.93. The van der Waals surface area contributed by atoms with Crippen LogP contribution in [0.15, 0.2) is 46.9 Å². The molecule has 1 atom stereocenters. The van der Waals surface area contributed by atoms with Crippen molar-refractivity contribution < 1.29 is 9.59 Å². The summed E-state index contributed by atoms with van der Waals surface area (Å²) < 4.78 is 1.78. The molecular formula is C17H21N3O2S. The second kappa shape index (κ2) is 7.87. The Morgan fingerprint density at radius 3 is 2.52 bits per heavy atom. The first-order valence-electron chi connectivity index (χ1n) is 7.50. The molecule has 2 amide bonds. The van der Waals surface area contributed by atoms with Gasteiger partial charge >= 0.3 is 0 Å². The molecule has 0 fully saturated rings. The zero-order chi connectivity index (χ0) is 16.8. The lowest BCUT2D eigenvalue weighted by atomic mass is 10.0. The minimum Gasteiger partial charge on any atom is -0.340 e. The number of hydrogen-bond acceptors (Lipinski definition) is 3. The summed E-state index contributed by atoms with van der Waals surface area (Å²) in [5.41, 5.74) is 0.734. The molecule has 2 aromatic rings. The molecule has 5 nitrogen and oxygen atoms in total. The monoisotopic (exact) mass is 331 g/mol. The molecule has 0 aliphatic carbocycles. The Labute approximate surface area is 139 Å². The Morgan fingerprint density at radius 1 is 1.26 bits per heavy atom. The van der Waals surface area contributed by atoms with Crippen molar-refractivity contribution in [2.45, 2.75) is 26.3 Å². The molecule has 6 heteroatoms. The van der Waals surface area contributed by atoms with E-state index in [9.17, 15) is 9.59 Å². The second-order valence-electron chi connectivity index (χ2n) is 5.76. The summed E-state index contributed by atoms with van der Waals surface area (Å²) in [5, 5.41) is 4.67. The van der Waals surface area contributed by atoms with E-state index in [0.29, 0.717) is 11.2 Å². The van der Waals surface area contributed by atoms with E-state index in [4.69, 9.17) is 0 Å². The van der Waals surface area contributed by atoms with Crippen LogP contribution in [0.1, 0.15) is 31.9 Å². The highest BCUT2D eigenvalue weighted by Crippen LogP contribution is 2.15. The largest absolute Gasteiger partial charge is 0.340 e. The summed E-state index contributed by atoms with van der Waals surface area (Å²) in [5.74, 6) is -0.284. The molecule has 1 N–H and O–H groups in total. The molecular weight excluding hydrogens is 310 g/mol. The van der Waals surface area contributed by atoms with Crippen LogP contribution in [-0.4, -0.2) is 16.4 Å². The Kier molecular flexibility index (Phi) is 5.87. The molecule has 1 aromatic heterocycles. The third-order valence-corrected chi connectivity index (χ3v) is 4.09. The first-order chi connectivity index (χ1) is 11.0. The van der Waals surface area contributed by atoms with E-state index >= 15 is 0 Å². The van der Waals surface area contributed by atoms with Gasteiger partial charge in [0.1, 0.15) is 6.04 Å². The fraction of sp³-hybridized carbons (Fsp3) is 0.353. The van der Waals surface area contributed by atoms with Crippen molar-refractivity contribution in [2.75, 3.05) is 0 Å². The Bertz CT molecular complexity index is 732. The van der Waals surface area contributed by atoms with Crippen LogP contribution in [0.5, 0.6) is 0 Å². The lowest BCUT2D eigenvalue weighted by Crippen LogP contribution is -2.34. The summed E-state index contributed by atoms with van der Waals surface area (Å²) in [6, 6.07) is 8.44. The number of amides is 2. The molecule has 1 unspecified atom stereocenters. The van der Waals surface area contributed by atoms with Crippen molar-refractivity contribution in [2.24, 2.45) is 18.0 Å². The zero-order valence-electron chi connectivity index (χ0n) is 13.5. The van der Waals surface area contributed by atoms with Crippen LogP contribution in [0.25, 0.3) is 0 Å². The Morgan fingerprint density at radius 2 is 1.96 bits per heavy atom. The predicted octanol–water partition coefficient (Wildman–Crippen LogP) is 2.42. The van der Waals surface area contributed by atoms with E-state index < -0.39 is 6.04 Å². The van der Waals surface area contributed by atoms with E-state index in [1.54, 1.807) is 4.57 Å². The number of thiazole rings is 1. The SMILES string of the molecule is CC(C)CC(=O)NC(C(=O)N=c1sccn1C)c1ccccc1. The van der Waals surface area contributed by atoms with Gasteiger partial charge in [-0.25, -0.2) is 0 Å². The molecule has 2 rings (SSSR count). The molecule has 0 saturated carbocycles. The number of nitrogens with one attached hydrogen (secondary N) is 1. The minimum absolute atomic E-state index is 0.145. The van der Waals surface area contributed by atoms with Crippen LogP contribution >= 0.6 is 11.3 Å². The van der Waals surface area contributed by atoms with Gasteiger partial charge in [0.05, 0.1) is 0 Å². The highest BCUT2D eigenvalue weighted by atomic mass is 32.1. The van der Waals surface area contributed by atoms with E-state index in [1.807, 2.05) is 62.8 Å². The van der Waals surface area contributed by atoms with Crippen molar-refractivity contribution in [3.8, 4) is 0 Å². The van der Waals surface area contributed by atoms with Gasteiger partial charge in [-0.05, 0) is 11.5 Å². The van der Waals surface area contributed by atoms with E-state index in [1.165, 1.54) is 11.3 Å². The third-order valence-electron chi connectivity index (χ3n) is 3.24. The zero-order valence-corrected chi connectivity index (χ0v) is 14.3. The number of aryl methyl sites for hydroxylation is 1. The topological polar surface area (TPSA) is 63.5 Å². The van der Waals surface area contributed by atoms with Crippen LogP contribution < -0.4 is 10.1 Å². The van der Waals surface area contributed by atoms with Gasteiger partial charge in [-0.1, -0.05) is 44.2 Å². The number of hydrogen-bond donors (Lipinski definition) is 1. The molecule has 0 aliphatic heterocycles. The first-order valence-corrected chi connectivity index (χ1v) is 8.38. The first kappa shape index (κ1) is 17.1. The molecule has 0 spiro atoms. The average molecular weight is 331 g/mol. The Hall–Kier alpha value is -2.21. The van der Waals surface area contributed by atoms with Crippen molar-refractivity contribution in [3.05, 3.63) is 52.3 Å². The van der Waals surface area contributed by atoms with Gasteiger partial charge in [0.25, 0.3) is 5.91 Å². The van der Waals surface area contributed by atoms with Gasteiger partial charge in [0.2, 0.25) is 5.91 Å². The fourth-order valence-electron chi connectivity index (χ4n) is 2.12. The molecule has 122 valence electrons. The van der Waals surface area contributed by atoms with Crippen LogP contribution in [-0.2, 0) is 16.6 Å². The number of benzene rings is 1. The molecule has 1 aromatic carbocycles. The maximum atomic E-state index is 12.6. The normalized spacial score (nSPS) is 13.1. The van der Waals surface area contributed by atoms with E-state index in [0.717, 1.165) is 5.56 Å². The van der Waals surface area contributed by atoms with Crippen molar-refractivity contribution in [3.63, 3.8) is 0 Å². The summed E-state index contributed by atoms with van der Waals surface area (Å²) in [6.07, 6.45) is 2.22. The molecule has 0 aliphatic rings. The molecule has 23 heavy (non-hydrogen) atoms. The molecule has 0 saturated heterocycles. The number of carbonyl (C=O) groups excluding carboxylic acids is 2. The highest BCUT2D eigenvalue weighted by molar-refractivity contribution is 7.07. The standard InChI is InChI=1S/C17H21N3O2S/c1-12(2)11-14(21)18-15(13-7-5-4-6-8-13)16(22)19-17-20(3)9-10-23-17/h4-10,12,15H,11H2,1-3H3,(H,18,21). The third kappa shape index (κ3) is 4.89. The average Bonchev–Trinajstić information content (AvgIpc) is 2.90. The number of carbonyl (C=O) groups is 2. The van der Waals surface area contributed by atoms with Crippen molar-refractivity contribution in [1.82, 2.24) is 9.88 Å². The molecule has 1 heterocycles. The Balaban J connectivity index is 2.29. The smallest absolute Gasteiger partial charge is 0.275 e. The van der Waals surface area contributed by atoms with Gasteiger partial charge in [-0.2, -0.15) is 4.99 Å². The second-order valence-corrected chi connectivity index (χ2v) is 6.63. The van der Waals surface area contributed by atoms with Crippen LogP contribution in [0.2, 0.25) is 0 Å². The lowest BCUT2D eigenvalue weighted by Gasteiger charge is -2.16. The number of nitrogens with zero attached hydrogens (tertiary/aromatic N) is 2. The summed E-state index contributed by atoms with van der Waals surface area (Å²) in [4.78, 5) is 29.5. The maximum Gasteiger partial charge on any atom is 0.275 e. The number of rotatable bonds is 5. The maximum absolute atomic E-state index is 12.6. The van der Waals surface area contributed by atoms with Crippen LogP contribution in [0, 0.1) is 5.92 Å². The lowest BCUT2D eigenvalue weighted by molar-refractivity contribution is -0.128. The van der Waals surface area contributed by atoms with Gasteiger partial charge in [-0.15, -0.1) is 11.3 Å². The van der Waals surface area contributed by atoms with Gasteiger partial charge in [-0.3, -0.25) is 9.59 Å². The van der Waals surface area contributed by atoms with Gasteiger partial charge < -0.3 is 9.88 Å². The number of aromatic nitrogens is 1. The fourth-order valence-corrected chi connectivity index (χ4v) is 2.85. The van der Waals surface area contributed by atoms with Crippen LogP contribution in [0.4, 0.5) is 0 Å².